The standard InChI is InChI=1S/C16H18FNOS/c1-3-20-16-7-5-4-6-14(16)18-11(2)13-10-12(17)8-9-15(13)19/h4-11,18-19H,3H2,1-2H3. The van der Waals surface area contributed by atoms with E-state index < -0.39 is 0 Å². The van der Waals surface area contributed by atoms with Crippen LogP contribution in [0.25, 0.3) is 0 Å². The molecule has 4 heteroatoms. The number of aromatic hydroxyl groups is 1. The van der Waals surface area contributed by atoms with E-state index >= 15 is 0 Å². The lowest BCUT2D eigenvalue weighted by molar-refractivity contribution is 0.462. The summed E-state index contributed by atoms with van der Waals surface area (Å²) < 4.78 is 13.3. The highest BCUT2D eigenvalue weighted by atomic mass is 32.2. The minimum absolute atomic E-state index is 0.104. The van der Waals surface area contributed by atoms with Crippen molar-refractivity contribution in [3.8, 4) is 5.75 Å². The normalized spacial score (nSPS) is 12.2. The lowest BCUT2D eigenvalue weighted by atomic mass is 10.1. The molecule has 2 nitrogen and oxygen atoms in total. The quantitative estimate of drug-likeness (QED) is 0.775. The Morgan fingerprint density at radius 3 is 2.75 bits per heavy atom. The molecule has 1 unspecified atom stereocenters. The number of hydrogen-bond donors (Lipinski definition) is 2. The zero-order valence-electron chi connectivity index (χ0n) is 11.6. The van der Waals surface area contributed by atoms with Crippen molar-refractivity contribution in [1.82, 2.24) is 0 Å². The van der Waals surface area contributed by atoms with Crippen molar-refractivity contribution in [2.24, 2.45) is 0 Å². The summed E-state index contributed by atoms with van der Waals surface area (Å²) in [4.78, 5) is 1.15. The van der Waals surface area contributed by atoms with Gasteiger partial charge >= 0.3 is 0 Å². The van der Waals surface area contributed by atoms with Gasteiger partial charge in [-0.05, 0) is 43.0 Å². The molecule has 2 N–H and O–H groups in total. The van der Waals surface area contributed by atoms with Gasteiger partial charge in [-0.1, -0.05) is 19.1 Å². The fourth-order valence-electron chi connectivity index (χ4n) is 2.05. The van der Waals surface area contributed by atoms with Crippen molar-refractivity contribution in [3.63, 3.8) is 0 Å². The van der Waals surface area contributed by atoms with Gasteiger partial charge in [-0.25, -0.2) is 4.39 Å². The molecule has 0 spiro atoms. The van der Waals surface area contributed by atoms with E-state index in [2.05, 4.69) is 18.3 Å². The summed E-state index contributed by atoms with van der Waals surface area (Å²) in [6, 6.07) is 11.8. The molecule has 2 rings (SSSR count). The third kappa shape index (κ3) is 3.45. The molecule has 20 heavy (non-hydrogen) atoms. The maximum absolute atomic E-state index is 13.3. The first-order chi connectivity index (χ1) is 9.61. The highest BCUT2D eigenvalue weighted by Crippen LogP contribution is 2.32. The van der Waals surface area contributed by atoms with E-state index in [1.807, 2.05) is 25.1 Å². The summed E-state index contributed by atoms with van der Waals surface area (Å²) >= 11 is 1.75. The maximum atomic E-state index is 13.3. The summed E-state index contributed by atoms with van der Waals surface area (Å²) in [7, 11) is 0. The first kappa shape index (κ1) is 14.7. The molecule has 0 aliphatic carbocycles. The van der Waals surface area contributed by atoms with Crippen molar-refractivity contribution < 1.29 is 9.50 Å². The van der Waals surface area contributed by atoms with Crippen LogP contribution in [0.4, 0.5) is 10.1 Å². The molecule has 0 bridgehead atoms. The van der Waals surface area contributed by atoms with Gasteiger partial charge < -0.3 is 10.4 Å². The minimum atomic E-state index is -0.345. The van der Waals surface area contributed by atoms with E-state index in [1.165, 1.54) is 18.2 Å². The average molecular weight is 291 g/mol. The van der Waals surface area contributed by atoms with Crippen molar-refractivity contribution in [2.75, 3.05) is 11.1 Å². The third-order valence-corrected chi connectivity index (χ3v) is 3.97. The topological polar surface area (TPSA) is 32.3 Å². The molecule has 0 saturated heterocycles. The second-order valence-electron chi connectivity index (χ2n) is 4.50. The SMILES string of the molecule is CCSc1ccccc1NC(C)c1cc(F)ccc1O. The van der Waals surface area contributed by atoms with Crippen LogP contribution in [0.5, 0.6) is 5.75 Å². The summed E-state index contributed by atoms with van der Waals surface area (Å²) in [5, 5.41) is 13.2. The molecule has 0 heterocycles. The maximum Gasteiger partial charge on any atom is 0.123 e. The number of nitrogens with one attached hydrogen (secondary N) is 1. The Morgan fingerprint density at radius 1 is 1.25 bits per heavy atom. The number of phenolic OH excluding ortho intramolecular Hbond substituents is 1. The zero-order valence-corrected chi connectivity index (χ0v) is 12.4. The number of rotatable bonds is 5. The first-order valence-electron chi connectivity index (χ1n) is 6.58. The molecule has 2 aromatic rings. The molecule has 0 aromatic heterocycles. The number of phenols is 1. The molecule has 1 atom stereocenters. The van der Waals surface area contributed by atoms with Gasteiger partial charge in [-0.15, -0.1) is 11.8 Å². The lowest BCUT2D eigenvalue weighted by Crippen LogP contribution is -2.08. The molecule has 0 fully saturated rings. The number of hydrogen-bond acceptors (Lipinski definition) is 3. The first-order valence-corrected chi connectivity index (χ1v) is 7.57. The van der Waals surface area contributed by atoms with E-state index in [0.29, 0.717) is 5.56 Å². The lowest BCUT2D eigenvalue weighted by Gasteiger charge is -2.19. The van der Waals surface area contributed by atoms with Gasteiger partial charge in [0.1, 0.15) is 11.6 Å². The van der Waals surface area contributed by atoms with Crippen molar-refractivity contribution in [3.05, 3.63) is 53.8 Å². The summed E-state index contributed by atoms with van der Waals surface area (Å²) in [5.41, 5.74) is 1.55. The molecule has 2 aromatic carbocycles. The highest BCUT2D eigenvalue weighted by Gasteiger charge is 2.13. The Morgan fingerprint density at radius 2 is 2.00 bits per heavy atom. The fraction of sp³-hybridized carbons (Fsp3) is 0.250. The third-order valence-electron chi connectivity index (χ3n) is 3.01. The van der Waals surface area contributed by atoms with Gasteiger partial charge in [-0.2, -0.15) is 0 Å². The van der Waals surface area contributed by atoms with E-state index in [1.54, 1.807) is 11.8 Å². The van der Waals surface area contributed by atoms with Crippen LogP contribution in [0.3, 0.4) is 0 Å². The van der Waals surface area contributed by atoms with E-state index in [9.17, 15) is 9.50 Å². The fourth-order valence-corrected chi connectivity index (χ4v) is 2.82. The molecule has 0 radical (unpaired) electrons. The minimum Gasteiger partial charge on any atom is -0.508 e. The number of benzene rings is 2. The number of halogens is 1. The van der Waals surface area contributed by atoms with E-state index in [-0.39, 0.29) is 17.6 Å². The molecular formula is C16H18FNOS. The van der Waals surface area contributed by atoms with Gasteiger partial charge in [0.2, 0.25) is 0 Å². The zero-order chi connectivity index (χ0) is 14.5. The van der Waals surface area contributed by atoms with Crippen molar-refractivity contribution in [1.29, 1.82) is 0 Å². The Hall–Kier alpha value is -1.68. The van der Waals surface area contributed by atoms with Crippen molar-refractivity contribution in [2.45, 2.75) is 24.8 Å². The van der Waals surface area contributed by atoms with Gasteiger partial charge in [0.15, 0.2) is 0 Å². The van der Waals surface area contributed by atoms with Crippen LogP contribution in [0.15, 0.2) is 47.4 Å². The predicted octanol–water partition coefficient (Wildman–Crippen LogP) is 4.82. The second kappa shape index (κ2) is 6.66. The molecule has 106 valence electrons. The van der Waals surface area contributed by atoms with Crippen LogP contribution in [0.2, 0.25) is 0 Å². The Bertz CT molecular complexity index is 588. The number of anilines is 1. The molecule has 0 amide bonds. The van der Waals surface area contributed by atoms with Gasteiger partial charge in [0.05, 0.1) is 6.04 Å². The van der Waals surface area contributed by atoms with Crippen LogP contribution in [0, 0.1) is 5.82 Å². The molecule has 0 saturated carbocycles. The van der Waals surface area contributed by atoms with Crippen LogP contribution in [-0.2, 0) is 0 Å². The monoisotopic (exact) mass is 291 g/mol. The summed E-state index contributed by atoms with van der Waals surface area (Å²) in [6.45, 7) is 4.01. The van der Waals surface area contributed by atoms with E-state index in [0.717, 1.165) is 16.3 Å². The largest absolute Gasteiger partial charge is 0.508 e. The highest BCUT2D eigenvalue weighted by molar-refractivity contribution is 7.99. The Labute approximate surface area is 123 Å². The second-order valence-corrected chi connectivity index (χ2v) is 5.80. The molecular weight excluding hydrogens is 273 g/mol. The van der Waals surface area contributed by atoms with Crippen LogP contribution < -0.4 is 5.32 Å². The van der Waals surface area contributed by atoms with E-state index in [4.69, 9.17) is 0 Å². The summed E-state index contributed by atoms with van der Waals surface area (Å²) in [6.07, 6.45) is 0. The van der Waals surface area contributed by atoms with Crippen molar-refractivity contribution >= 4 is 17.4 Å². The predicted molar refractivity (Wildman–Crippen MR) is 82.9 cm³/mol. The molecule has 0 aliphatic heterocycles. The smallest absolute Gasteiger partial charge is 0.123 e. The van der Waals surface area contributed by atoms with Gasteiger partial charge in [-0.3, -0.25) is 0 Å². The van der Waals surface area contributed by atoms with Gasteiger partial charge in [0, 0.05) is 16.1 Å². The van der Waals surface area contributed by atoms with Crippen LogP contribution in [0.1, 0.15) is 25.5 Å². The summed E-state index contributed by atoms with van der Waals surface area (Å²) in [5.74, 6) is 0.743. The Balaban J connectivity index is 2.23. The number of para-hydroxylation sites is 1. The Kier molecular flexibility index (Phi) is 4.90. The average Bonchev–Trinajstić information content (AvgIpc) is 2.44. The van der Waals surface area contributed by atoms with Gasteiger partial charge in [0.25, 0.3) is 0 Å². The van der Waals surface area contributed by atoms with Crippen LogP contribution in [-0.4, -0.2) is 10.9 Å². The molecule has 0 aliphatic rings. The van der Waals surface area contributed by atoms with Crippen LogP contribution >= 0.6 is 11.8 Å². The number of thioether (sulfide) groups is 1.